The topological polar surface area (TPSA) is 108 Å². The molecule has 3 saturated heterocycles. The largest absolute Gasteiger partial charge is 0.381 e. The van der Waals surface area contributed by atoms with E-state index in [9.17, 15) is 19.2 Å². The average molecular weight is 441 g/mol. The molecule has 1 aromatic rings. The molecule has 4 aliphatic heterocycles. The number of benzene rings is 1. The van der Waals surface area contributed by atoms with Crippen molar-refractivity contribution in [2.75, 3.05) is 32.8 Å². The van der Waals surface area contributed by atoms with Crippen LogP contribution < -0.4 is 10.6 Å². The van der Waals surface area contributed by atoms with Crippen molar-refractivity contribution >= 4 is 23.6 Å². The summed E-state index contributed by atoms with van der Waals surface area (Å²) in [6.45, 7) is 4.68. The summed E-state index contributed by atoms with van der Waals surface area (Å²) in [4.78, 5) is 53.9. The van der Waals surface area contributed by atoms with E-state index >= 15 is 0 Å². The maximum atomic E-state index is 13.4. The number of hydrogen-bond acceptors (Lipinski definition) is 7. The summed E-state index contributed by atoms with van der Waals surface area (Å²) >= 11 is 0. The molecule has 5 rings (SSSR count). The van der Waals surface area contributed by atoms with E-state index in [1.165, 1.54) is 0 Å². The van der Waals surface area contributed by atoms with Gasteiger partial charge in [0.25, 0.3) is 11.8 Å². The molecule has 1 aromatic carbocycles. The molecule has 32 heavy (non-hydrogen) atoms. The van der Waals surface area contributed by atoms with Gasteiger partial charge >= 0.3 is 0 Å². The van der Waals surface area contributed by atoms with Gasteiger partial charge in [-0.2, -0.15) is 0 Å². The molecule has 1 atom stereocenters. The first-order valence-corrected chi connectivity index (χ1v) is 11.4. The lowest BCUT2D eigenvalue weighted by Crippen LogP contribution is -2.54. The Kier molecular flexibility index (Phi) is 5.56. The molecule has 2 N–H and O–H groups in total. The number of nitrogens with zero attached hydrogens (tertiary/aromatic N) is 2. The predicted octanol–water partition coefficient (Wildman–Crippen LogP) is 0.432. The van der Waals surface area contributed by atoms with Crippen LogP contribution in [-0.2, 0) is 20.9 Å². The number of hydrogen-bond donors (Lipinski definition) is 2. The van der Waals surface area contributed by atoms with Crippen LogP contribution in [0.2, 0.25) is 0 Å². The van der Waals surface area contributed by atoms with Gasteiger partial charge in [0.15, 0.2) is 0 Å². The third kappa shape index (κ3) is 3.54. The van der Waals surface area contributed by atoms with Crippen molar-refractivity contribution in [2.45, 2.75) is 50.2 Å². The van der Waals surface area contributed by atoms with Crippen molar-refractivity contribution in [1.29, 1.82) is 0 Å². The van der Waals surface area contributed by atoms with Gasteiger partial charge in [-0.1, -0.05) is 12.1 Å². The zero-order valence-electron chi connectivity index (χ0n) is 18.0. The summed E-state index contributed by atoms with van der Waals surface area (Å²) in [5.74, 6) is -1.86. The molecule has 4 heterocycles. The summed E-state index contributed by atoms with van der Waals surface area (Å²) in [5.41, 5.74) is 1.55. The van der Waals surface area contributed by atoms with E-state index in [0.717, 1.165) is 62.6 Å². The summed E-state index contributed by atoms with van der Waals surface area (Å²) in [5, 5.41) is 5.73. The number of carbonyl (C=O) groups excluding carboxylic acids is 4. The fraction of sp³-hybridized carbons (Fsp3) is 0.565. The molecule has 0 bridgehead atoms. The van der Waals surface area contributed by atoms with Crippen molar-refractivity contribution in [3.05, 3.63) is 34.9 Å². The Bertz CT molecular complexity index is 971. The third-order valence-electron chi connectivity index (χ3n) is 7.34. The number of rotatable bonds is 3. The van der Waals surface area contributed by atoms with Gasteiger partial charge in [0.05, 0.1) is 11.1 Å². The van der Waals surface area contributed by atoms with Crippen molar-refractivity contribution < 1.29 is 23.9 Å². The van der Waals surface area contributed by atoms with Gasteiger partial charge in [0.2, 0.25) is 11.8 Å². The zero-order valence-corrected chi connectivity index (χ0v) is 18.0. The highest BCUT2D eigenvalue weighted by atomic mass is 16.5. The van der Waals surface area contributed by atoms with Crippen LogP contribution in [0, 0.1) is 0 Å². The molecule has 0 radical (unpaired) electrons. The van der Waals surface area contributed by atoms with E-state index in [-0.39, 0.29) is 24.3 Å². The maximum Gasteiger partial charge on any atom is 0.262 e. The number of amides is 4. The minimum Gasteiger partial charge on any atom is -0.381 e. The normalized spacial score (nSPS) is 26.2. The number of fused-ring (bicyclic) bond motifs is 1. The fourth-order valence-electron chi connectivity index (χ4n) is 5.54. The lowest BCUT2D eigenvalue weighted by atomic mass is 9.84. The van der Waals surface area contributed by atoms with E-state index < -0.39 is 23.8 Å². The first-order chi connectivity index (χ1) is 15.5. The number of imide groups is 2. The first-order valence-electron chi connectivity index (χ1n) is 11.4. The van der Waals surface area contributed by atoms with Crippen LogP contribution in [0.4, 0.5) is 0 Å². The fourth-order valence-corrected chi connectivity index (χ4v) is 5.54. The van der Waals surface area contributed by atoms with Crippen molar-refractivity contribution in [1.82, 2.24) is 20.4 Å². The molecule has 170 valence electrons. The molecule has 0 saturated carbocycles. The molecular formula is C23H28N4O5. The quantitative estimate of drug-likeness (QED) is 0.657. The van der Waals surface area contributed by atoms with Crippen LogP contribution in [0.25, 0.3) is 0 Å². The highest BCUT2D eigenvalue weighted by Gasteiger charge is 2.46. The van der Waals surface area contributed by atoms with Gasteiger partial charge in [-0.05, 0) is 43.9 Å². The predicted molar refractivity (Wildman–Crippen MR) is 114 cm³/mol. The average Bonchev–Trinajstić information content (AvgIpc) is 2.91. The Balaban J connectivity index is 1.45. The molecule has 1 spiro atoms. The van der Waals surface area contributed by atoms with Gasteiger partial charge in [0, 0.05) is 44.8 Å². The minimum atomic E-state index is -0.947. The van der Waals surface area contributed by atoms with Crippen LogP contribution in [0.1, 0.15) is 58.4 Å². The van der Waals surface area contributed by atoms with Gasteiger partial charge in [-0.15, -0.1) is 0 Å². The Morgan fingerprint density at radius 1 is 1.03 bits per heavy atom. The summed E-state index contributed by atoms with van der Waals surface area (Å²) in [6, 6.07) is 4.42. The van der Waals surface area contributed by atoms with Gasteiger partial charge in [0.1, 0.15) is 6.04 Å². The molecule has 9 heteroatoms. The van der Waals surface area contributed by atoms with Crippen molar-refractivity contribution in [3.8, 4) is 0 Å². The van der Waals surface area contributed by atoms with Crippen molar-refractivity contribution in [2.24, 2.45) is 0 Å². The maximum absolute atomic E-state index is 13.4. The number of ether oxygens (including phenoxy) is 1. The second kappa shape index (κ2) is 8.38. The highest BCUT2D eigenvalue weighted by Crippen LogP contribution is 2.36. The summed E-state index contributed by atoms with van der Waals surface area (Å²) in [6.07, 6.45) is 3.17. The van der Waals surface area contributed by atoms with Crippen molar-refractivity contribution in [3.63, 3.8) is 0 Å². The van der Waals surface area contributed by atoms with Crippen LogP contribution in [0.5, 0.6) is 0 Å². The van der Waals surface area contributed by atoms with E-state index in [2.05, 4.69) is 15.5 Å². The molecule has 4 aliphatic rings. The standard InChI is InChI=1S/C23H28N4O5/c28-18-5-4-17(20(29)25-18)27-21(30)16-3-1-2-15(19(16)22(27)31)14-26-11-10-24-9-6-23(26)7-12-32-13-8-23/h1-3,17,24H,4-14H2,(H,25,28,29). The lowest BCUT2D eigenvalue weighted by molar-refractivity contribution is -0.136. The molecule has 9 nitrogen and oxygen atoms in total. The smallest absolute Gasteiger partial charge is 0.262 e. The molecule has 4 amide bonds. The SMILES string of the molecule is O=C1CCC(N2C(=O)c3cccc(CN4CCNCCC45CCOCC5)c3C2=O)C(=O)N1. The molecule has 3 fully saturated rings. The van der Waals surface area contributed by atoms with E-state index in [0.29, 0.717) is 17.7 Å². The highest BCUT2D eigenvalue weighted by molar-refractivity contribution is 6.24. The lowest BCUT2D eigenvalue weighted by Gasteiger charge is -2.45. The van der Waals surface area contributed by atoms with Crippen LogP contribution in [0.3, 0.4) is 0 Å². The summed E-state index contributed by atoms with van der Waals surface area (Å²) in [7, 11) is 0. The Morgan fingerprint density at radius 3 is 2.62 bits per heavy atom. The first kappa shape index (κ1) is 21.2. The van der Waals surface area contributed by atoms with Crippen LogP contribution in [0.15, 0.2) is 18.2 Å². The Labute approximate surface area is 186 Å². The monoisotopic (exact) mass is 440 g/mol. The number of piperidine rings is 1. The van der Waals surface area contributed by atoms with Crippen LogP contribution >= 0.6 is 0 Å². The number of nitrogens with one attached hydrogen (secondary N) is 2. The van der Waals surface area contributed by atoms with Crippen LogP contribution in [-0.4, -0.2) is 77.9 Å². The van der Waals surface area contributed by atoms with E-state index in [1.807, 2.05) is 6.07 Å². The van der Waals surface area contributed by atoms with E-state index in [4.69, 9.17) is 4.74 Å². The van der Waals surface area contributed by atoms with Gasteiger partial charge in [-0.3, -0.25) is 34.3 Å². The van der Waals surface area contributed by atoms with Gasteiger partial charge < -0.3 is 10.1 Å². The molecule has 1 unspecified atom stereocenters. The van der Waals surface area contributed by atoms with Gasteiger partial charge in [-0.25, -0.2) is 0 Å². The second-order valence-electron chi connectivity index (χ2n) is 9.05. The van der Waals surface area contributed by atoms with E-state index in [1.54, 1.807) is 12.1 Å². The Hall–Kier alpha value is -2.62. The minimum absolute atomic E-state index is 0.0133. The Morgan fingerprint density at radius 2 is 1.84 bits per heavy atom. The number of carbonyl (C=O) groups is 4. The molecule has 0 aromatic heterocycles. The summed E-state index contributed by atoms with van der Waals surface area (Å²) < 4.78 is 5.63. The second-order valence-corrected chi connectivity index (χ2v) is 9.05. The molecule has 0 aliphatic carbocycles. The molecular weight excluding hydrogens is 412 g/mol. The third-order valence-corrected chi connectivity index (χ3v) is 7.34. The zero-order chi connectivity index (χ0) is 22.3.